The quantitative estimate of drug-likeness (QED) is 0.724. The smallest absolute Gasteiger partial charge is 0.345 e. The van der Waals surface area contributed by atoms with E-state index in [1.807, 2.05) is 32.0 Å². The van der Waals surface area contributed by atoms with Gasteiger partial charge in [0.15, 0.2) is 8.38 Å². The predicted molar refractivity (Wildman–Crippen MR) is 87.4 cm³/mol. The average molecular weight is 326 g/mol. The SMILES string of the molecule is CCOP(OCC)C(C)c1ccc2sc(C(=O)O)cc2c1. The van der Waals surface area contributed by atoms with Crippen molar-refractivity contribution in [2.45, 2.75) is 26.4 Å². The standard InChI is InChI=1S/C15H19O4PS/c1-4-18-20(19-5-2)10(3)11-6-7-13-12(8-11)9-14(21-13)15(16)17/h6-10H,4-5H2,1-3H3,(H,16,17). The maximum Gasteiger partial charge on any atom is 0.345 e. The number of hydrogen-bond acceptors (Lipinski definition) is 4. The molecule has 1 aromatic heterocycles. The summed E-state index contributed by atoms with van der Waals surface area (Å²) in [5.41, 5.74) is 1.27. The van der Waals surface area contributed by atoms with Crippen LogP contribution in [0.1, 0.15) is 41.7 Å². The number of carboxylic acids is 1. The first-order valence-electron chi connectivity index (χ1n) is 6.88. The fourth-order valence-corrected chi connectivity index (χ4v) is 4.38. The molecule has 0 saturated carbocycles. The van der Waals surface area contributed by atoms with Gasteiger partial charge in [-0.3, -0.25) is 0 Å². The molecule has 0 aliphatic carbocycles. The lowest BCUT2D eigenvalue weighted by molar-refractivity contribution is 0.0702. The van der Waals surface area contributed by atoms with E-state index in [4.69, 9.17) is 14.2 Å². The van der Waals surface area contributed by atoms with Crippen molar-refractivity contribution in [2.75, 3.05) is 13.2 Å². The molecular formula is C15H19O4PS. The summed E-state index contributed by atoms with van der Waals surface area (Å²) in [6, 6.07) is 7.77. The molecule has 0 bridgehead atoms. The Labute approximate surface area is 129 Å². The number of fused-ring (bicyclic) bond motifs is 1. The Bertz CT molecular complexity index is 619. The Hall–Kier alpha value is -1.00. The third-order valence-corrected chi connectivity index (χ3v) is 6.12. The molecule has 1 N–H and O–H groups in total. The molecule has 0 aliphatic rings. The summed E-state index contributed by atoms with van der Waals surface area (Å²) in [4.78, 5) is 11.4. The first-order valence-corrected chi connectivity index (χ1v) is 8.95. The number of aromatic carboxylic acids is 1. The van der Waals surface area contributed by atoms with Crippen molar-refractivity contribution < 1.29 is 18.9 Å². The van der Waals surface area contributed by atoms with Gasteiger partial charge in [-0.15, -0.1) is 11.3 Å². The molecular weight excluding hydrogens is 307 g/mol. The van der Waals surface area contributed by atoms with Crippen LogP contribution >= 0.6 is 19.7 Å². The molecule has 6 heteroatoms. The summed E-state index contributed by atoms with van der Waals surface area (Å²) >= 11 is 1.30. The van der Waals surface area contributed by atoms with Gasteiger partial charge in [0.05, 0.1) is 18.9 Å². The molecule has 0 aliphatic heterocycles. The van der Waals surface area contributed by atoms with Crippen LogP contribution in [-0.2, 0) is 9.05 Å². The van der Waals surface area contributed by atoms with Gasteiger partial charge in [0.25, 0.3) is 0 Å². The van der Waals surface area contributed by atoms with Crippen LogP contribution in [-0.4, -0.2) is 24.3 Å². The van der Waals surface area contributed by atoms with Gasteiger partial charge < -0.3 is 14.2 Å². The van der Waals surface area contributed by atoms with Crippen molar-refractivity contribution in [3.05, 3.63) is 34.7 Å². The lowest BCUT2D eigenvalue weighted by atomic mass is 10.1. The van der Waals surface area contributed by atoms with Gasteiger partial charge in [0.2, 0.25) is 0 Å². The van der Waals surface area contributed by atoms with Crippen molar-refractivity contribution in [1.29, 1.82) is 0 Å². The van der Waals surface area contributed by atoms with E-state index >= 15 is 0 Å². The molecule has 1 unspecified atom stereocenters. The van der Waals surface area contributed by atoms with E-state index in [2.05, 4.69) is 6.92 Å². The molecule has 0 saturated heterocycles. The third-order valence-electron chi connectivity index (χ3n) is 3.06. The number of benzene rings is 1. The third kappa shape index (κ3) is 3.80. The summed E-state index contributed by atoms with van der Waals surface area (Å²) in [5.74, 6) is -0.878. The van der Waals surface area contributed by atoms with Gasteiger partial charge in [-0.25, -0.2) is 4.79 Å². The van der Waals surface area contributed by atoms with Crippen LogP contribution in [0.3, 0.4) is 0 Å². The van der Waals surface area contributed by atoms with E-state index in [1.165, 1.54) is 11.3 Å². The minimum atomic E-state index is -0.972. The Kier molecular flexibility index (Phi) is 5.71. The zero-order valence-corrected chi connectivity index (χ0v) is 14.0. The molecule has 114 valence electrons. The Balaban J connectivity index is 2.30. The van der Waals surface area contributed by atoms with E-state index in [9.17, 15) is 4.79 Å². The van der Waals surface area contributed by atoms with Crippen molar-refractivity contribution in [3.63, 3.8) is 0 Å². The van der Waals surface area contributed by atoms with Crippen LogP contribution in [0, 0.1) is 0 Å². The molecule has 2 rings (SSSR count). The van der Waals surface area contributed by atoms with E-state index in [-0.39, 0.29) is 5.66 Å². The highest BCUT2D eigenvalue weighted by atomic mass is 32.1. The van der Waals surface area contributed by atoms with Crippen LogP contribution in [0.25, 0.3) is 10.1 Å². The number of hydrogen-bond donors (Lipinski definition) is 1. The zero-order valence-electron chi connectivity index (χ0n) is 12.3. The van der Waals surface area contributed by atoms with Crippen LogP contribution < -0.4 is 0 Å². The molecule has 0 fully saturated rings. The Morgan fingerprint density at radius 1 is 1.29 bits per heavy atom. The van der Waals surface area contributed by atoms with Crippen molar-refractivity contribution in [1.82, 2.24) is 0 Å². The van der Waals surface area contributed by atoms with E-state index < -0.39 is 14.3 Å². The number of carboxylic acid groups (broad SMARTS) is 1. The summed E-state index contributed by atoms with van der Waals surface area (Å²) in [6.07, 6.45) is 0. The van der Waals surface area contributed by atoms with Gasteiger partial charge in [-0.2, -0.15) is 0 Å². The lowest BCUT2D eigenvalue weighted by Gasteiger charge is -2.22. The van der Waals surface area contributed by atoms with Crippen LogP contribution in [0.4, 0.5) is 0 Å². The van der Waals surface area contributed by atoms with Gasteiger partial charge >= 0.3 is 5.97 Å². The van der Waals surface area contributed by atoms with Crippen LogP contribution in [0.5, 0.6) is 0 Å². The van der Waals surface area contributed by atoms with Gasteiger partial charge in [0.1, 0.15) is 4.88 Å². The van der Waals surface area contributed by atoms with E-state index in [0.29, 0.717) is 18.1 Å². The molecule has 1 aromatic carbocycles. The topological polar surface area (TPSA) is 55.8 Å². The molecule has 2 aromatic rings. The lowest BCUT2D eigenvalue weighted by Crippen LogP contribution is -1.99. The highest BCUT2D eigenvalue weighted by Crippen LogP contribution is 2.53. The predicted octanol–water partition coefficient (Wildman–Crippen LogP) is 5.05. The normalized spacial score (nSPS) is 13.0. The first kappa shape index (κ1) is 16.4. The fourth-order valence-electron chi connectivity index (χ4n) is 2.06. The summed E-state index contributed by atoms with van der Waals surface area (Å²) in [5, 5.41) is 10.0. The van der Waals surface area contributed by atoms with Gasteiger partial charge in [0, 0.05) is 4.70 Å². The summed E-state index contributed by atoms with van der Waals surface area (Å²) in [6.45, 7) is 7.26. The second-order valence-electron chi connectivity index (χ2n) is 4.51. The fraction of sp³-hybridized carbons (Fsp3) is 0.400. The monoisotopic (exact) mass is 326 g/mol. The minimum absolute atomic E-state index is 0.150. The highest BCUT2D eigenvalue weighted by Gasteiger charge is 2.21. The molecule has 1 atom stereocenters. The maximum absolute atomic E-state index is 11.0. The Morgan fingerprint density at radius 3 is 2.52 bits per heavy atom. The van der Waals surface area contributed by atoms with Crippen molar-refractivity contribution in [3.8, 4) is 0 Å². The molecule has 4 nitrogen and oxygen atoms in total. The largest absolute Gasteiger partial charge is 0.477 e. The summed E-state index contributed by atoms with van der Waals surface area (Å²) in [7, 11) is -0.972. The van der Waals surface area contributed by atoms with Crippen LogP contribution in [0.15, 0.2) is 24.3 Å². The minimum Gasteiger partial charge on any atom is -0.477 e. The number of carbonyl (C=O) groups is 1. The molecule has 21 heavy (non-hydrogen) atoms. The van der Waals surface area contributed by atoms with Gasteiger partial charge in [-0.05, 0) is 49.9 Å². The van der Waals surface area contributed by atoms with Gasteiger partial charge in [-0.1, -0.05) is 6.07 Å². The van der Waals surface area contributed by atoms with Crippen LogP contribution in [0.2, 0.25) is 0 Å². The molecule has 1 heterocycles. The van der Waals surface area contributed by atoms with E-state index in [0.717, 1.165) is 15.6 Å². The zero-order chi connectivity index (χ0) is 15.4. The van der Waals surface area contributed by atoms with Crippen molar-refractivity contribution in [2.24, 2.45) is 0 Å². The molecule has 0 radical (unpaired) electrons. The van der Waals surface area contributed by atoms with Crippen molar-refractivity contribution >= 4 is 35.8 Å². The summed E-state index contributed by atoms with van der Waals surface area (Å²) < 4.78 is 12.4. The maximum atomic E-state index is 11.0. The highest BCUT2D eigenvalue weighted by molar-refractivity contribution is 7.47. The second kappa shape index (κ2) is 7.32. The second-order valence-corrected chi connectivity index (χ2v) is 7.46. The number of rotatable bonds is 7. The molecule has 0 spiro atoms. The number of thiophene rings is 1. The molecule has 0 amide bonds. The first-order chi connectivity index (χ1) is 10.1. The Morgan fingerprint density at radius 2 is 1.95 bits per heavy atom. The average Bonchev–Trinajstić information content (AvgIpc) is 2.89. The van der Waals surface area contributed by atoms with E-state index in [1.54, 1.807) is 6.07 Å².